The number of benzene rings is 4. The van der Waals surface area contributed by atoms with E-state index in [-0.39, 0.29) is 56.8 Å². The van der Waals surface area contributed by atoms with Crippen LogP contribution in [-0.4, -0.2) is 74.8 Å². The fourth-order valence-electron chi connectivity index (χ4n) is 4.76. The van der Waals surface area contributed by atoms with E-state index < -0.39 is 59.0 Å². The van der Waals surface area contributed by atoms with Crippen molar-refractivity contribution in [2.75, 3.05) is 0 Å². The molecular formula is C30H24O14. The Bertz CT molecular complexity index is 1670. The first-order valence-electron chi connectivity index (χ1n) is 12.7. The Labute approximate surface area is 246 Å². The van der Waals surface area contributed by atoms with Gasteiger partial charge < -0.3 is 60.5 Å². The molecule has 14 nitrogen and oxygen atoms in total. The highest BCUT2D eigenvalue weighted by atomic mass is 16.5. The van der Waals surface area contributed by atoms with Crippen molar-refractivity contribution >= 4 is 11.6 Å². The number of phenolic OH excluding ortho intramolecular Hbond substituents is 8. The summed E-state index contributed by atoms with van der Waals surface area (Å²) in [6.07, 6.45) is -5.50. The maximum Gasteiger partial charge on any atom is 0.202 e. The lowest BCUT2D eigenvalue weighted by atomic mass is 9.92. The van der Waals surface area contributed by atoms with Gasteiger partial charge in [-0.15, -0.1) is 0 Å². The Morgan fingerprint density at radius 2 is 0.818 bits per heavy atom. The van der Waals surface area contributed by atoms with Crippen LogP contribution in [-0.2, 0) is 0 Å². The average molecular weight is 609 g/mol. The van der Waals surface area contributed by atoms with Gasteiger partial charge in [0.2, 0.25) is 11.6 Å². The number of hydrogen-bond acceptors (Lipinski definition) is 14. The largest absolute Gasteiger partial charge is 0.508 e. The summed E-state index contributed by atoms with van der Waals surface area (Å²) in [7, 11) is 0. The Balaban J connectivity index is 0.000000175. The number of aromatic hydroxyl groups is 8. The first-order valence-corrected chi connectivity index (χ1v) is 12.7. The molecular weight excluding hydrogens is 584 g/mol. The Morgan fingerprint density at radius 3 is 1.16 bits per heavy atom. The zero-order chi connectivity index (χ0) is 32.0. The summed E-state index contributed by atoms with van der Waals surface area (Å²) in [4.78, 5) is 24.4. The highest BCUT2D eigenvalue weighted by Gasteiger charge is 2.40. The summed E-state index contributed by atoms with van der Waals surface area (Å²) in [5.74, 6) is -4.83. The predicted octanol–water partition coefficient (Wildman–Crippen LogP) is 2.37. The first kappa shape index (κ1) is 29.6. The van der Waals surface area contributed by atoms with Crippen LogP contribution in [0.15, 0.2) is 60.7 Å². The molecule has 0 amide bonds. The van der Waals surface area contributed by atoms with Crippen LogP contribution in [0.3, 0.4) is 0 Å². The third-order valence-electron chi connectivity index (χ3n) is 6.90. The Hall–Kier alpha value is -5.86. The van der Waals surface area contributed by atoms with E-state index in [0.717, 1.165) is 36.4 Å². The second-order valence-corrected chi connectivity index (χ2v) is 9.87. The van der Waals surface area contributed by atoms with Crippen molar-refractivity contribution in [2.45, 2.75) is 24.4 Å². The lowest BCUT2D eigenvalue weighted by Crippen LogP contribution is -2.36. The molecule has 0 saturated heterocycles. The third kappa shape index (κ3) is 5.26. The van der Waals surface area contributed by atoms with Gasteiger partial charge in [-0.3, -0.25) is 9.59 Å². The molecule has 2 aliphatic heterocycles. The van der Waals surface area contributed by atoms with Gasteiger partial charge >= 0.3 is 0 Å². The van der Waals surface area contributed by atoms with E-state index in [2.05, 4.69) is 0 Å². The number of ketones is 2. The lowest BCUT2D eigenvalue weighted by Gasteiger charge is -2.30. The van der Waals surface area contributed by atoms with Crippen molar-refractivity contribution in [1.82, 2.24) is 0 Å². The Kier molecular flexibility index (Phi) is 7.47. The van der Waals surface area contributed by atoms with Crippen LogP contribution in [0.4, 0.5) is 0 Å². The third-order valence-corrected chi connectivity index (χ3v) is 6.90. The highest BCUT2D eigenvalue weighted by molar-refractivity contribution is 6.06. The van der Waals surface area contributed by atoms with E-state index in [0.29, 0.717) is 0 Å². The summed E-state index contributed by atoms with van der Waals surface area (Å²) in [5, 5.41) is 96.2. The molecule has 6 rings (SSSR count). The van der Waals surface area contributed by atoms with E-state index in [4.69, 9.17) is 9.47 Å². The number of fused-ring (bicyclic) bond motifs is 2. The molecule has 0 spiro atoms. The molecule has 10 N–H and O–H groups in total. The van der Waals surface area contributed by atoms with Crippen molar-refractivity contribution in [3.05, 3.63) is 82.9 Å². The van der Waals surface area contributed by atoms with Crippen molar-refractivity contribution in [1.29, 1.82) is 0 Å². The fraction of sp³-hybridized carbons (Fsp3) is 0.133. The predicted molar refractivity (Wildman–Crippen MR) is 146 cm³/mol. The zero-order valence-corrected chi connectivity index (χ0v) is 22.2. The standard InChI is InChI=1S/2C15H12O7/c2*16-7-4-10(19)12-11(5-7)22-15(14(21)13(12)20)6-1-2-8(17)9(18)3-6/h2*1-5,14-19,21H/t2*14-,15+/m10/s1. The number of hydrogen-bond donors (Lipinski definition) is 10. The van der Waals surface area contributed by atoms with Crippen molar-refractivity contribution in [3.8, 4) is 57.5 Å². The molecule has 228 valence electrons. The summed E-state index contributed by atoms with van der Waals surface area (Å²) in [5.41, 5.74) is 0.0726. The molecule has 44 heavy (non-hydrogen) atoms. The normalized spacial score (nSPS) is 20.3. The van der Waals surface area contributed by atoms with Gasteiger partial charge in [-0.1, -0.05) is 12.1 Å². The van der Waals surface area contributed by atoms with Gasteiger partial charge in [0, 0.05) is 24.3 Å². The van der Waals surface area contributed by atoms with Crippen LogP contribution in [0.2, 0.25) is 0 Å². The van der Waals surface area contributed by atoms with Gasteiger partial charge in [-0.2, -0.15) is 0 Å². The average Bonchev–Trinajstić information content (AvgIpc) is 2.95. The highest BCUT2D eigenvalue weighted by Crippen LogP contribution is 2.44. The van der Waals surface area contributed by atoms with Crippen LogP contribution >= 0.6 is 0 Å². The van der Waals surface area contributed by atoms with Crippen LogP contribution in [0, 0.1) is 0 Å². The second-order valence-electron chi connectivity index (χ2n) is 9.87. The lowest BCUT2D eigenvalue weighted by molar-refractivity contribution is 0.0207. The van der Waals surface area contributed by atoms with Gasteiger partial charge in [0.1, 0.15) is 45.6 Å². The van der Waals surface area contributed by atoms with E-state index in [9.17, 15) is 60.7 Å². The minimum atomic E-state index is -1.60. The molecule has 0 radical (unpaired) electrons. The topological polar surface area (TPSA) is 255 Å². The van der Waals surface area contributed by atoms with Crippen molar-refractivity contribution in [3.63, 3.8) is 0 Å². The number of carbonyl (C=O) groups excluding carboxylic acids is 2. The molecule has 0 saturated carbocycles. The number of Topliss-reactive ketones (excluding diaryl/α,β-unsaturated/α-hetero) is 2. The molecule has 0 bridgehead atoms. The number of ether oxygens (including phenoxy) is 2. The molecule has 0 aromatic heterocycles. The number of aliphatic hydroxyl groups is 2. The quantitative estimate of drug-likeness (QED) is 0.147. The molecule has 2 aliphatic rings. The molecule has 0 fully saturated rings. The maximum absolute atomic E-state index is 12.2. The number of carbonyl (C=O) groups is 2. The SMILES string of the molecule is O=C1c2c(O)cc(O)cc2O[C@@H](c2ccc(O)c(O)c2)[C@@H]1O.O=C1c2c(O)cc(O)cc2O[C@H](c2ccc(O)c(O)c2)[C@H]1O. The van der Waals surface area contributed by atoms with E-state index in [1.807, 2.05) is 0 Å². The minimum absolute atomic E-state index is 0.0784. The van der Waals surface area contributed by atoms with E-state index in [1.165, 1.54) is 24.3 Å². The number of phenols is 8. The maximum atomic E-state index is 12.2. The molecule has 4 aromatic rings. The molecule has 14 heteroatoms. The summed E-state index contributed by atoms with van der Waals surface area (Å²) in [6, 6.07) is 11.7. The second kappa shape index (κ2) is 11.1. The fourth-order valence-corrected chi connectivity index (χ4v) is 4.76. The first-order chi connectivity index (χ1) is 20.8. The van der Waals surface area contributed by atoms with E-state index in [1.54, 1.807) is 0 Å². The molecule has 0 unspecified atom stereocenters. The number of aliphatic hydroxyl groups excluding tert-OH is 2. The van der Waals surface area contributed by atoms with Gasteiger partial charge in [0.25, 0.3) is 0 Å². The van der Waals surface area contributed by atoms with Gasteiger partial charge in [-0.05, 0) is 35.4 Å². The van der Waals surface area contributed by atoms with Crippen LogP contribution in [0.5, 0.6) is 57.5 Å². The van der Waals surface area contributed by atoms with Crippen LogP contribution in [0.1, 0.15) is 44.1 Å². The minimum Gasteiger partial charge on any atom is -0.508 e. The van der Waals surface area contributed by atoms with E-state index >= 15 is 0 Å². The number of rotatable bonds is 2. The van der Waals surface area contributed by atoms with Gasteiger partial charge in [0.15, 0.2) is 47.4 Å². The monoisotopic (exact) mass is 608 g/mol. The summed E-state index contributed by atoms with van der Waals surface area (Å²) < 4.78 is 10.9. The molecule has 4 atom stereocenters. The Morgan fingerprint density at radius 1 is 0.455 bits per heavy atom. The van der Waals surface area contributed by atoms with Crippen molar-refractivity contribution in [2.24, 2.45) is 0 Å². The van der Waals surface area contributed by atoms with Crippen LogP contribution in [0.25, 0.3) is 0 Å². The van der Waals surface area contributed by atoms with Gasteiger partial charge in [0.05, 0.1) is 0 Å². The smallest absolute Gasteiger partial charge is 0.202 e. The zero-order valence-electron chi connectivity index (χ0n) is 22.2. The molecule has 4 aromatic carbocycles. The molecule has 2 heterocycles. The molecule has 0 aliphatic carbocycles. The van der Waals surface area contributed by atoms with Crippen LogP contribution < -0.4 is 9.47 Å². The summed E-state index contributed by atoms with van der Waals surface area (Å²) in [6.45, 7) is 0. The van der Waals surface area contributed by atoms with Crippen molar-refractivity contribution < 1.29 is 70.1 Å². The van der Waals surface area contributed by atoms with Gasteiger partial charge in [-0.25, -0.2) is 0 Å². The summed E-state index contributed by atoms with van der Waals surface area (Å²) >= 11 is 0.